The van der Waals surface area contributed by atoms with Gasteiger partial charge in [-0.3, -0.25) is 4.79 Å². The SMILES string of the molecule is COc1cc(Br)c(C(=O)C2CCCOC2)cc1OC. The van der Waals surface area contributed by atoms with Crippen LogP contribution in [0.5, 0.6) is 11.5 Å². The highest BCUT2D eigenvalue weighted by Gasteiger charge is 2.25. The molecule has 0 amide bonds. The van der Waals surface area contributed by atoms with Crippen LogP contribution in [0.2, 0.25) is 0 Å². The first-order valence-electron chi connectivity index (χ1n) is 6.21. The number of carbonyl (C=O) groups is 1. The zero-order valence-corrected chi connectivity index (χ0v) is 12.7. The van der Waals surface area contributed by atoms with Crippen LogP contribution >= 0.6 is 15.9 Å². The van der Waals surface area contributed by atoms with Gasteiger partial charge in [0.25, 0.3) is 0 Å². The smallest absolute Gasteiger partial charge is 0.169 e. The molecule has 0 aromatic heterocycles. The minimum atomic E-state index is -0.0665. The van der Waals surface area contributed by atoms with Crippen molar-refractivity contribution >= 4 is 21.7 Å². The number of methoxy groups -OCH3 is 2. The third-order valence-electron chi connectivity index (χ3n) is 3.27. The van der Waals surface area contributed by atoms with Crippen LogP contribution in [0.3, 0.4) is 0 Å². The molecular weight excluding hydrogens is 312 g/mol. The topological polar surface area (TPSA) is 44.8 Å². The molecule has 1 aliphatic heterocycles. The van der Waals surface area contributed by atoms with Crippen LogP contribution in [-0.4, -0.2) is 33.2 Å². The maximum atomic E-state index is 12.5. The summed E-state index contributed by atoms with van der Waals surface area (Å²) in [5.74, 6) is 1.19. The molecule has 0 bridgehead atoms. The molecule has 0 N–H and O–H groups in total. The van der Waals surface area contributed by atoms with Gasteiger partial charge < -0.3 is 14.2 Å². The molecule has 1 aromatic rings. The molecular formula is C14H17BrO4. The summed E-state index contributed by atoms with van der Waals surface area (Å²) in [5.41, 5.74) is 0.619. The van der Waals surface area contributed by atoms with E-state index in [4.69, 9.17) is 14.2 Å². The van der Waals surface area contributed by atoms with Crippen molar-refractivity contribution in [1.29, 1.82) is 0 Å². The number of halogens is 1. The zero-order chi connectivity index (χ0) is 13.8. The number of ketones is 1. The van der Waals surface area contributed by atoms with Crippen molar-refractivity contribution in [1.82, 2.24) is 0 Å². The number of Topliss-reactive ketones (excluding diaryl/α,β-unsaturated/α-hetero) is 1. The van der Waals surface area contributed by atoms with E-state index in [1.165, 1.54) is 0 Å². The average Bonchev–Trinajstić information content (AvgIpc) is 2.47. The standard InChI is InChI=1S/C14H17BrO4/c1-17-12-6-10(11(15)7-13(12)18-2)14(16)9-4-3-5-19-8-9/h6-7,9H,3-5,8H2,1-2H3. The molecule has 19 heavy (non-hydrogen) atoms. The van der Waals surface area contributed by atoms with Gasteiger partial charge in [0, 0.05) is 22.6 Å². The van der Waals surface area contributed by atoms with E-state index in [0.29, 0.717) is 23.7 Å². The molecule has 104 valence electrons. The Labute approximate surface area is 121 Å². The van der Waals surface area contributed by atoms with Crippen molar-refractivity contribution in [3.8, 4) is 11.5 Å². The van der Waals surface area contributed by atoms with Crippen LogP contribution in [0.15, 0.2) is 16.6 Å². The van der Waals surface area contributed by atoms with Crippen molar-refractivity contribution in [3.05, 3.63) is 22.2 Å². The Morgan fingerprint density at radius 3 is 2.58 bits per heavy atom. The van der Waals surface area contributed by atoms with Gasteiger partial charge in [-0.05, 0) is 40.9 Å². The number of rotatable bonds is 4. The maximum Gasteiger partial charge on any atom is 0.169 e. The van der Waals surface area contributed by atoms with E-state index >= 15 is 0 Å². The lowest BCUT2D eigenvalue weighted by Crippen LogP contribution is -2.25. The lowest BCUT2D eigenvalue weighted by Gasteiger charge is -2.21. The molecule has 1 heterocycles. The second-order valence-corrected chi connectivity index (χ2v) is 5.32. The third kappa shape index (κ3) is 3.09. The summed E-state index contributed by atoms with van der Waals surface area (Å²) >= 11 is 3.42. The number of benzene rings is 1. The van der Waals surface area contributed by atoms with E-state index in [1.807, 2.05) is 0 Å². The van der Waals surface area contributed by atoms with Gasteiger partial charge in [0.05, 0.1) is 20.8 Å². The number of hydrogen-bond acceptors (Lipinski definition) is 4. The maximum absolute atomic E-state index is 12.5. The van der Waals surface area contributed by atoms with E-state index in [0.717, 1.165) is 23.9 Å². The van der Waals surface area contributed by atoms with Gasteiger partial charge >= 0.3 is 0 Å². The Balaban J connectivity index is 2.30. The predicted molar refractivity (Wildman–Crippen MR) is 75.1 cm³/mol. The summed E-state index contributed by atoms with van der Waals surface area (Å²) in [6.45, 7) is 1.25. The van der Waals surface area contributed by atoms with Gasteiger partial charge in [-0.2, -0.15) is 0 Å². The Morgan fingerprint density at radius 2 is 2.00 bits per heavy atom. The van der Waals surface area contributed by atoms with Gasteiger partial charge in [-0.25, -0.2) is 0 Å². The Bertz CT molecular complexity index is 467. The number of ether oxygens (including phenoxy) is 3. The molecule has 5 heteroatoms. The van der Waals surface area contributed by atoms with Crippen molar-refractivity contribution in [2.75, 3.05) is 27.4 Å². The number of carbonyl (C=O) groups excluding carboxylic acids is 1. The molecule has 4 nitrogen and oxygen atoms in total. The predicted octanol–water partition coefficient (Wildman–Crippen LogP) is 3.08. The van der Waals surface area contributed by atoms with Crippen LogP contribution in [0.4, 0.5) is 0 Å². The Hall–Kier alpha value is -1.07. The molecule has 1 fully saturated rings. The highest BCUT2D eigenvalue weighted by Crippen LogP contribution is 2.35. The largest absolute Gasteiger partial charge is 0.493 e. The highest BCUT2D eigenvalue weighted by atomic mass is 79.9. The molecule has 0 spiro atoms. The lowest BCUT2D eigenvalue weighted by molar-refractivity contribution is 0.0460. The molecule has 1 unspecified atom stereocenters. The van der Waals surface area contributed by atoms with E-state index < -0.39 is 0 Å². The Kier molecular flexibility index (Phi) is 4.82. The van der Waals surface area contributed by atoms with Gasteiger partial charge in [0.1, 0.15) is 0 Å². The van der Waals surface area contributed by atoms with Crippen LogP contribution in [-0.2, 0) is 4.74 Å². The van der Waals surface area contributed by atoms with Crippen LogP contribution in [0.1, 0.15) is 23.2 Å². The summed E-state index contributed by atoms with van der Waals surface area (Å²) in [4.78, 5) is 12.5. The van der Waals surface area contributed by atoms with Crippen molar-refractivity contribution in [3.63, 3.8) is 0 Å². The van der Waals surface area contributed by atoms with Gasteiger partial charge in [-0.15, -0.1) is 0 Å². The fourth-order valence-electron chi connectivity index (χ4n) is 2.21. The molecule has 0 aliphatic carbocycles. The van der Waals surface area contributed by atoms with Crippen LogP contribution in [0.25, 0.3) is 0 Å². The number of hydrogen-bond donors (Lipinski definition) is 0. The second-order valence-electron chi connectivity index (χ2n) is 4.47. The fraction of sp³-hybridized carbons (Fsp3) is 0.500. The normalized spacial score (nSPS) is 19.0. The molecule has 0 saturated carbocycles. The first-order chi connectivity index (χ1) is 9.17. The van der Waals surface area contributed by atoms with Gasteiger partial charge in [0.2, 0.25) is 0 Å². The first kappa shape index (κ1) is 14.3. The van der Waals surface area contributed by atoms with Gasteiger partial charge in [-0.1, -0.05) is 0 Å². The van der Waals surface area contributed by atoms with Crippen LogP contribution in [0, 0.1) is 5.92 Å². The summed E-state index contributed by atoms with van der Waals surface area (Å²) in [7, 11) is 3.13. The highest BCUT2D eigenvalue weighted by molar-refractivity contribution is 9.10. The third-order valence-corrected chi connectivity index (χ3v) is 3.93. The summed E-state index contributed by atoms with van der Waals surface area (Å²) in [5, 5.41) is 0. The monoisotopic (exact) mass is 328 g/mol. The van der Waals surface area contributed by atoms with Gasteiger partial charge in [0.15, 0.2) is 17.3 Å². The Morgan fingerprint density at radius 1 is 1.32 bits per heavy atom. The minimum absolute atomic E-state index is 0.0665. The lowest BCUT2D eigenvalue weighted by atomic mass is 9.92. The summed E-state index contributed by atoms with van der Waals surface area (Å²) in [6.07, 6.45) is 1.81. The van der Waals surface area contributed by atoms with E-state index in [1.54, 1.807) is 26.4 Å². The molecule has 1 atom stereocenters. The van der Waals surface area contributed by atoms with E-state index in [2.05, 4.69) is 15.9 Å². The quantitative estimate of drug-likeness (QED) is 0.797. The molecule has 2 rings (SSSR count). The zero-order valence-electron chi connectivity index (χ0n) is 11.1. The molecule has 1 aliphatic rings. The van der Waals surface area contributed by atoms with Crippen molar-refractivity contribution in [2.45, 2.75) is 12.8 Å². The summed E-state index contributed by atoms with van der Waals surface area (Å²) < 4.78 is 16.5. The minimum Gasteiger partial charge on any atom is -0.493 e. The summed E-state index contributed by atoms with van der Waals surface area (Å²) in [6, 6.07) is 3.48. The van der Waals surface area contributed by atoms with E-state index in [9.17, 15) is 4.79 Å². The van der Waals surface area contributed by atoms with Crippen LogP contribution < -0.4 is 9.47 Å². The fourth-order valence-corrected chi connectivity index (χ4v) is 2.73. The molecule has 1 aromatic carbocycles. The van der Waals surface area contributed by atoms with E-state index in [-0.39, 0.29) is 11.7 Å². The van der Waals surface area contributed by atoms with Crippen molar-refractivity contribution in [2.24, 2.45) is 5.92 Å². The average molecular weight is 329 g/mol. The van der Waals surface area contributed by atoms with Crippen molar-refractivity contribution < 1.29 is 19.0 Å². The molecule has 1 saturated heterocycles. The first-order valence-corrected chi connectivity index (χ1v) is 7.00. The molecule has 0 radical (unpaired) electrons. The second kappa shape index (κ2) is 6.39.